The molecule has 0 radical (unpaired) electrons. The van der Waals surface area contributed by atoms with Gasteiger partial charge in [-0.15, -0.1) is 0 Å². The molecule has 5 nitrogen and oxygen atoms in total. The van der Waals surface area contributed by atoms with Crippen LogP contribution in [0.1, 0.15) is 52.7 Å². The average Bonchev–Trinajstić information content (AvgIpc) is 3.90. The smallest absolute Gasteiger partial charge is 0.137 e. The Labute approximate surface area is 394 Å². The van der Waals surface area contributed by atoms with Crippen LogP contribution in [0.5, 0.6) is 11.5 Å². The standard InChI is InChI=1S/C62H54N4O/c1-61(2,3)45-33-31-44(32-34-45)53-40-63-59(39-54(53)62(4,5)6)66-55-28-14-13-25-51(55)52-36-35-48(38-58(52)66)67-47-24-17-23-46(37-47)64-41-65(57-30-16-15-29-56(57)64)60-49(42-19-9-7-10-20-42)26-18-27-50(60)43-21-11-8-12-22-43/h7-40H,41H2,1-6H3. The number of rotatable bonds is 8. The van der Waals surface area contributed by atoms with Crippen LogP contribution in [0.15, 0.2) is 206 Å². The van der Waals surface area contributed by atoms with Gasteiger partial charge in [0.15, 0.2) is 0 Å². The van der Waals surface area contributed by atoms with Gasteiger partial charge in [-0.2, -0.15) is 0 Å². The van der Waals surface area contributed by atoms with E-state index in [0.29, 0.717) is 6.67 Å². The van der Waals surface area contributed by atoms with Crippen molar-refractivity contribution in [1.29, 1.82) is 0 Å². The monoisotopic (exact) mass is 870 g/mol. The minimum absolute atomic E-state index is 0.0848. The van der Waals surface area contributed by atoms with Crippen molar-refractivity contribution < 1.29 is 4.74 Å². The van der Waals surface area contributed by atoms with Gasteiger partial charge >= 0.3 is 0 Å². The summed E-state index contributed by atoms with van der Waals surface area (Å²) in [6, 6.07) is 71.6. The maximum atomic E-state index is 6.84. The number of nitrogens with zero attached hydrogens (tertiary/aromatic N) is 4. The molecule has 11 rings (SSSR count). The van der Waals surface area contributed by atoms with Crippen LogP contribution in [0.3, 0.4) is 0 Å². The Morgan fingerprint density at radius 1 is 0.448 bits per heavy atom. The zero-order valence-corrected chi connectivity index (χ0v) is 39.0. The topological polar surface area (TPSA) is 33.5 Å². The molecule has 0 N–H and O–H groups in total. The van der Waals surface area contributed by atoms with Crippen molar-refractivity contribution >= 4 is 44.6 Å². The van der Waals surface area contributed by atoms with E-state index in [4.69, 9.17) is 9.72 Å². The summed E-state index contributed by atoms with van der Waals surface area (Å²) in [7, 11) is 0. The molecule has 0 unspecified atom stereocenters. The van der Waals surface area contributed by atoms with Crippen LogP contribution in [0.4, 0.5) is 22.7 Å². The number of hydrogen-bond acceptors (Lipinski definition) is 4. The van der Waals surface area contributed by atoms with Crippen molar-refractivity contribution in [1.82, 2.24) is 9.55 Å². The number of fused-ring (bicyclic) bond motifs is 4. The highest BCUT2D eigenvalue weighted by Crippen LogP contribution is 2.50. The number of anilines is 4. The van der Waals surface area contributed by atoms with Gasteiger partial charge in [0.05, 0.1) is 28.1 Å². The number of aromatic nitrogens is 2. The van der Waals surface area contributed by atoms with E-state index in [-0.39, 0.29) is 10.8 Å². The maximum absolute atomic E-state index is 6.84. The summed E-state index contributed by atoms with van der Waals surface area (Å²) in [5, 5.41) is 2.32. The van der Waals surface area contributed by atoms with Gasteiger partial charge in [-0.1, -0.05) is 181 Å². The number of hydrogen-bond donors (Lipinski definition) is 0. The molecule has 2 aromatic heterocycles. The molecule has 0 saturated carbocycles. The van der Waals surface area contributed by atoms with Crippen molar-refractivity contribution in [2.24, 2.45) is 0 Å². The van der Waals surface area contributed by atoms with Gasteiger partial charge in [-0.3, -0.25) is 4.57 Å². The lowest BCUT2D eigenvalue weighted by molar-refractivity contribution is 0.483. The first-order chi connectivity index (χ1) is 32.5. The Bertz CT molecular complexity index is 3370. The van der Waals surface area contributed by atoms with Crippen molar-refractivity contribution in [2.75, 3.05) is 16.5 Å². The molecule has 0 bridgehead atoms. The summed E-state index contributed by atoms with van der Waals surface area (Å²) < 4.78 is 9.14. The fraction of sp³-hybridized carbons (Fsp3) is 0.145. The van der Waals surface area contributed by atoms with Crippen LogP contribution < -0.4 is 14.5 Å². The van der Waals surface area contributed by atoms with E-state index >= 15 is 0 Å². The highest BCUT2D eigenvalue weighted by molar-refractivity contribution is 6.09. The SMILES string of the molecule is CC(C)(C)c1ccc(-c2cnc(-n3c4ccccc4c4ccc(Oc5cccc(N6CN(c7c(-c8ccccc8)cccc7-c7ccccc7)c7ccccc76)c5)cc43)cc2C(C)(C)C)cc1. The van der Waals surface area contributed by atoms with E-state index in [1.165, 1.54) is 50.0 Å². The highest BCUT2D eigenvalue weighted by Gasteiger charge is 2.31. The lowest BCUT2D eigenvalue weighted by atomic mass is 9.81. The first-order valence-corrected chi connectivity index (χ1v) is 23.3. The third-order valence-corrected chi connectivity index (χ3v) is 13.2. The lowest BCUT2D eigenvalue weighted by Crippen LogP contribution is -2.24. The molecule has 328 valence electrons. The lowest BCUT2D eigenvalue weighted by Gasteiger charge is -2.27. The van der Waals surface area contributed by atoms with E-state index in [1.54, 1.807) is 0 Å². The summed E-state index contributed by atoms with van der Waals surface area (Å²) >= 11 is 0. The van der Waals surface area contributed by atoms with Gasteiger partial charge in [0.25, 0.3) is 0 Å². The fourth-order valence-electron chi connectivity index (χ4n) is 9.84. The molecule has 3 heterocycles. The zero-order chi connectivity index (χ0) is 45.9. The molecule has 0 aliphatic carbocycles. The molecule has 0 spiro atoms. The second-order valence-electron chi connectivity index (χ2n) is 19.7. The number of ether oxygens (including phenoxy) is 1. The Hall–Kier alpha value is -7.89. The summed E-state index contributed by atoms with van der Waals surface area (Å²) in [6.07, 6.45) is 2.06. The first kappa shape index (κ1) is 41.8. The van der Waals surface area contributed by atoms with Gasteiger partial charge in [-0.05, 0) is 87.2 Å². The van der Waals surface area contributed by atoms with Gasteiger partial charge in [0, 0.05) is 51.5 Å². The molecule has 0 amide bonds. The second kappa shape index (κ2) is 16.5. The number of para-hydroxylation sites is 4. The molecule has 1 aliphatic rings. The largest absolute Gasteiger partial charge is 0.457 e. The summed E-state index contributed by atoms with van der Waals surface area (Å²) in [4.78, 5) is 10.1. The molecule has 67 heavy (non-hydrogen) atoms. The fourth-order valence-corrected chi connectivity index (χ4v) is 9.84. The Kier molecular flexibility index (Phi) is 10.3. The second-order valence-corrected chi connectivity index (χ2v) is 19.7. The Morgan fingerprint density at radius 3 is 1.70 bits per heavy atom. The molecule has 5 heteroatoms. The quantitative estimate of drug-likeness (QED) is 0.152. The Balaban J connectivity index is 0.960. The molecule has 0 saturated heterocycles. The van der Waals surface area contributed by atoms with E-state index in [0.717, 1.165) is 56.4 Å². The highest BCUT2D eigenvalue weighted by atomic mass is 16.5. The predicted molar refractivity (Wildman–Crippen MR) is 281 cm³/mol. The van der Waals surface area contributed by atoms with E-state index in [9.17, 15) is 0 Å². The van der Waals surface area contributed by atoms with Crippen molar-refractivity contribution in [3.8, 4) is 50.7 Å². The summed E-state index contributed by atoms with van der Waals surface area (Å²) in [5.41, 5.74) is 16.3. The number of benzene rings is 8. The van der Waals surface area contributed by atoms with Gasteiger partial charge in [-0.25, -0.2) is 4.98 Å². The molecule has 10 aromatic rings. The van der Waals surface area contributed by atoms with Crippen LogP contribution in [-0.2, 0) is 10.8 Å². The van der Waals surface area contributed by atoms with Crippen LogP contribution in [0.25, 0.3) is 61.0 Å². The third kappa shape index (κ3) is 7.70. The minimum atomic E-state index is -0.129. The van der Waals surface area contributed by atoms with Crippen LogP contribution >= 0.6 is 0 Å². The normalized spacial score (nSPS) is 12.8. The van der Waals surface area contributed by atoms with Crippen LogP contribution in [-0.4, -0.2) is 16.2 Å². The summed E-state index contributed by atoms with van der Waals surface area (Å²) in [5.74, 6) is 2.40. The van der Waals surface area contributed by atoms with E-state index < -0.39 is 0 Å². The van der Waals surface area contributed by atoms with E-state index in [2.05, 4.69) is 256 Å². The average molecular weight is 871 g/mol. The van der Waals surface area contributed by atoms with Crippen LogP contribution in [0.2, 0.25) is 0 Å². The van der Waals surface area contributed by atoms with E-state index in [1.807, 2.05) is 6.07 Å². The Morgan fingerprint density at radius 2 is 1.03 bits per heavy atom. The van der Waals surface area contributed by atoms with Gasteiger partial charge < -0.3 is 14.5 Å². The molecule has 8 aromatic carbocycles. The zero-order valence-electron chi connectivity index (χ0n) is 39.0. The predicted octanol–water partition coefficient (Wildman–Crippen LogP) is 16.8. The van der Waals surface area contributed by atoms with Crippen molar-refractivity contribution in [3.63, 3.8) is 0 Å². The molecule has 0 atom stereocenters. The van der Waals surface area contributed by atoms with Crippen molar-refractivity contribution in [2.45, 2.75) is 52.4 Å². The first-order valence-electron chi connectivity index (χ1n) is 23.3. The van der Waals surface area contributed by atoms with Gasteiger partial charge in [0.1, 0.15) is 24.0 Å². The summed E-state index contributed by atoms with van der Waals surface area (Å²) in [6.45, 7) is 14.3. The molecular formula is C62H54N4O. The third-order valence-electron chi connectivity index (χ3n) is 13.2. The van der Waals surface area contributed by atoms with Crippen LogP contribution in [0, 0.1) is 0 Å². The maximum Gasteiger partial charge on any atom is 0.137 e. The number of pyridine rings is 1. The van der Waals surface area contributed by atoms with Gasteiger partial charge in [0.2, 0.25) is 0 Å². The molecular weight excluding hydrogens is 817 g/mol. The minimum Gasteiger partial charge on any atom is -0.457 e. The molecule has 1 aliphatic heterocycles. The van der Waals surface area contributed by atoms with Crippen molar-refractivity contribution in [3.05, 3.63) is 218 Å². The molecule has 0 fully saturated rings.